The maximum atomic E-state index is 13.0. The molecule has 0 aliphatic carbocycles. The van der Waals surface area contributed by atoms with Gasteiger partial charge in [0.05, 0.1) is 28.3 Å². The zero-order valence-corrected chi connectivity index (χ0v) is 19.0. The molecule has 0 saturated carbocycles. The quantitative estimate of drug-likeness (QED) is 0.407. The lowest BCUT2D eigenvalue weighted by Gasteiger charge is -2.11. The molecule has 9 heteroatoms. The number of nitrogens with one attached hydrogen (secondary N) is 1. The van der Waals surface area contributed by atoms with Gasteiger partial charge in [0, 0.05) is 0 Å². The normalized spacial score (nSPS) is 12.0. The van der Waals surface area contributed by atoms with E-state index >= 15 is 0 Å². The summed E-state index contributed by atoms with van der Waals surface area (Å²) in [5, 5.41) is 3.55. The van der Waals surface area contributed by atoms with E-state index in [4.69, 9.17) is 9.47 Å². The Kier molecular flexibility index (Phi) is 6.40. The molecule has 0 aliphatic heterocycles. The van der Waals surface area contributed by atoms with E-state index in [2.05, 4.69) is 11.7 Å². The molecule has 0 spiro atoms. The van der Waals surface area contributed by atoms with Crippen LogP contribution in [0, 0.1) is 0 Å². The van der Waals surface area contributed by atoms with Gasteiger partial charge in [-0.3, -0.25) is 9.89 Å². The molecular weight excluding hydrogens is 456 g/mol. The standard InChI is InChI=1S/C25H22N2O6S/c1-17-22(25(28)27(26-17)20-9-11-21(12-10-20)34(29,30)31)14-19-8-13-23(24(15-19)32-2)33-16-18-6-4-3-5-7-18/h3-15,26H,1,16H2,2H3,(H,29,30,31)/p-1/b22-14+. The lowest BCUT2D eigenvalue weighted by Crippen LogP contribution is -2.33. The molecule has 0 amide bonds. The highest BCUT2D eigenvalue weighted by Gasteiger charge is 2.09. The number of nitrogens with zero attached hydrogens (tertiary/aromatic N) is 1. The second-order valence-corrected chi connectivity index (χ2v) is 8.80. The molecule has 3 aromatic carbocycles. The SMILES string of the molecule is C=c1[nH]n(-c2ccc(S(=O)(=O)[O-])cc2)c(=O)/c1=C/c1ccc(OCc2ccccc2)c(OC)c1. The fourth-order valence-corrected chi connectivity index (χ4v) is 3.85. The van der Waals surface area contributed by atoms with Gasteiger partial charge >= 0.3 is 0 Å². The largest absolute Gasteiger partial charge is 0.744 e. The first-order valence-corrected chi connectivity index (χ1v) is 11.6. The Morgan fingerprint density at radius 3 is 2.38 bits per heavy atom. The summed E-state index contributed by atoms with van der Waals surface area (Å²) in [4.78, 5) is 12.6. The van der Waals surface area contributed by atoms with Gasteiger partial charge in [0.2, 0.25) is 0 Å². The number of methoxy groups -OCH3 is 1. The summed E-state index contributed by atoms with van der Waals surface area (Å²) in [6.07, 6.45) is 1.66. The molecule has 0 bridgehead atoms. The number of aromatic amines is 1. The van der Waals surface area contributed by atoms with Gasteiger partial charge in [-0.05, 0) is 53.6 Å². The fraction of sp³-hybridized carbons (Fsp3) is 0.0800. The maximum Gasteiger partial charge on any atom is 0.279 e. The van der Waals surface area contributed by atoms with Crippen molar-refractivity contribution in [3.63, 3.8) is 0 Å². The number of rotatable bonds is 7. The highest BCUT2D eigenvalue weighted by molar-refractivity contribution is 7.85. The molecule has 0 radical (unpaired) electrons. The Morgan fingerprint density at radius 2 is 1.74 bits per heavy atom. The summed E-state index contributed by atoms with van der Waals surface area (Å²) in [6.45, 7) is 4.28. The topological polar surface area (TPSA) is 113 Å². The third kappa shape index (κ3) is 4.95. The van der Waals surface area contributed by atoms with Crippen LogP contribution in [0.4, 0.5) is 0 Å². The number of H-pyrrole nitrogens is 1. The van der Waals surface area contributed by atoms with Crippen LogP contribution in [0.25, 0.3) is 18.3 Å². The number of benzene rings is 3. The molecule has 1 heterocycles. The van der Waals surface area contributed by atoms with Crippen molar-refractivity contribution in [2.24, 2.45) is 0 Å². The van der Waals surface area contributed by atoms with Crippen molar-refractivity contribution in [1.29, 1.82) is 0 Å². The van der Waals surface area contributed by atoms with Gasteiger partial charge in [-0.2, -0.15) is 0 Å². The number of aromatic nitrogens is 2. The van der Waals surface area contributed by atoms with Crippen molar-refractivity contribution < 1.29 is 22.4 Å². The second kappa shape index (κ2) is 9.42. The lowest BCUT2D eigenvalue weighted by molar-refractivity contribution is 0.284. The third-order valence-corrected chi connectivity index (χ3v) is 5.97. The average Bonchev–Trinajstić information content (AvgIpc) is 3.11. The lowest BCUT2D eigenvalue weighted by atomic mass is 10.1. The summed E-state index contributed by atoms with van der Waals surface area (Å²) < 4.78 is 46.0. The van der Waals surface area contributed by atoms with E-state index in [-0.39, 0.29) is 10.5 Å². The van der Waals surface area contributed by atoms with Crippen molar-refractivity contribution in [3.05, 3.63) is 105 Å². The summed E-state index contributed by atoms with van der Waals surface area (Å²) in [7, 11) is -3.04. The molecule has 4 rings (SSSR count). The molecule has 0 unspecified atom stereocenters. The van der Waals surface area contributed by atoms with Crippen LogP contribution in [-0.4, -0.2) is 29.9 Å². The van der Waals surface area contributed by atoms with Gasteiger partial charge in [0.15, 0.2) is 11.5 Å². The van der Waals surface area contributed by atoms with E-state index in [1.54, 1.807) is 24.3 Å². The van der Waals surface area contributed by atoms with E-state index < -0.39 is 10.1 Å². The van der Waals surface area contributed by atoms with E-state index in [1.807, 2.05) is 30.3 Å². The smallest absolute Gasteiger partial charge is 0.279 e. The molecule has 0 fully saturated rings. The highest BCUT2D eigenvalue weighted by Crippen LogP contribution is 2.29. The summed E-state index contributed by atoms with van der Waals surface area (Å²) in [5.41, 5.74) is 1.70. The number of hydrogen-bond acceptors (Lipinski definition) is 6. The Bertz CT molecular complexity index is 1590. The summed E-state index contributed by atoms with van der Waals surface area (Å²) in [6, 6.07) is 20.1. The fourth-order valence-electron chi connectivity index (χ4n) is 3.38. The molecule has 8 nitrogen and oxygen atoms in total. The number of ether oxygens (including phenoxy) is 2. The molecule has 4 aromatic rings. The van der Waals surface area contributed by atoms with E-state index in [0.717, 1.165) is 17.7 Å². The Morgan fingerprint density at radius 1 is 1.03 bits per heavy atom. The Hall–Kier alpha value is -4.08. The molecule has 1 N–H and O–H groups in total. The van der Waals surface area contributed by atoms with Gasteiger partial charge in [-0.25, -0.2) is 13.1 Å². The zero-order valence-electron chi connectivity index (χ0n) is 18.2. The van der Waals surface area contributed by atoms with Crippen LogP contribution in [0.2, 0.25) is 0 Å². The van der Waals surface area contributed by atoms with Gasteiger partial charge in [-0.1, -0.05) is 43.0 Å². The monoisotopic (exact) mass is 477 g/mol. The van der Waals surface area contributed by atoms with Crippen LogP contribution in [0.1, 0.15) is 11.1 Å². The van der Waals surface area contributed by atoms with E-state index in [0.29, 0.717) is 39.9 Å². The van der Waals surface area contributed by atoms with Crippen molar-refractivity contribution >= 4 is 22.8 Å². The van der Waals surface area contributed by atoms with Crippen molar-refractivity contribution in [3.8, 4) is 17.2 Å². The summed E-state index contributed by atoms with van der Waals surface area (Å²) >= 11 is 0. The molecular formula is C25H21N2O6S-. The predicted octanol–water partition coefficient (Wildman–Crippen LogP) is 1.90. The highest BCUT2D eigenvalue weighted by atomic mass is 32.2. The van der Waals surface area contributed by atoms with Gasteiger partial charge in [0.25, 0.3) is 5.56 Å². The van der Waals surface area contributed by atoms with Crippen LogP contribution in [-0.2, 0) is 16.7 Å². The van der Waals surface area contributed by atoms with Crippen molar-refractivity contribution in [2.45, 2.75) is 11.5 Å². The Labute approximate surface area is 195 Å². The molecule has 1 aromatic heterocycles. The molecule has 0 atom stereocenters. The van der Waals surface area contributed by atoms with Crippen LogP contribution in [0.5, 0.6) is 11.5 Å². The molecule has 0 saturated heterocycles. The van der Waals surface area contributed by atoms with Crippen molar-refractivity contribution in [2.75, 3.05) is 7.11 Å². The van der Waals surface area contributed by atoms with Crippen LogP contribution in [0.3, 0.4) is 0 Å². The van der Waals surface area contributed by atoms with Crippen molar-refractivity contribution in [1.82, 2.24) is 9.78 Å². The minimum absolute atomic E-state index is 0.320. The summed E-state index contributed by atoms with van der Waals surface area (Å²) in [5.74, 6) is 1.08. The number of hydrogen-bond donors (Lipinski definition) is 1. The zero-order chi connectivity index (χ0) is 24.3. The average molecular weight is 478 g/mol. The first-order chi connectivity index (χ1) is 16.3. The second-order valence-electron chi connectivity index (χ2n) is 7.42. The Balaban J connectivity index is 1.65. The first kappa shape index (κ1) is 23.1. The van der Waals surface area contributed by atoms with Crippen LogP contribution in [0.15, 0.2) is 82.5 Å². The van der Waals surface area contributed by atoms with Gasteiger partial charge in [-0.15, -0.1) is 0 Å². The minimum atomic E-state index is -4.57. The minimum Gasteiger partial charge on any atom is -0.744 e. The van der Waals surface area contributed by atoms with E-state index in [9.17, 15) is 17.8 Å². The first-order valence-electron chi connectivity index (χ1n) is 10.2. The van der Waals surface area contributed by atoms with Crippen LogP contribution >= 0.6 is 0 Å². The van der Waals surface area contributed by atoms with Crippen LogP contribution < -0.4 is 25.6 Å². The van der Waals surface area contributed by atoms with Gasteiger partial charge in [0.1, 0.15) is 16.7 Å². The maximum absolute atomic E-state index is 13.0. The molecule has 0 aliphatic rings. The third-order valence-electron chi connectivity index (χ3n) is 5.12. The molecule has 174 valence electrons. The predicted molar refractivity (Wildman–Crippen MR) is 126 cm³/mol. The molecule has 34 heavy (non-hydrogen) atoms. The van der Waals surface area contributed by atoms with E-state index in [1.165, 1.54) is 23.9 Å². The van der Waals surface area contributed by atoms with Gasteiger partial charge < -0.3 is 14.0 Å².